The second-order valence-electron chi connectivity index (χ2n) is 5.32. The second-order valence-corrected chi connectivity index (χ2v) is 7.04. The van der Waals surface area contributed by atoms with Crippen LogP contribution < -0.4 is 4.74 Å². The van der Waals surface area contributed by atoms with Gasteiger partial charge in [0, 0.05) is 15.6 Å². The molecule has 0 N–H and O–H groups in total. The lowest BCUT2D eigenvalue weighted by molar-refractivity contribution is 0.346. The molecule has 0 amide bonds. The first-order valence-electron chi connectivity index (χ1n) is 7.26. The van der Waals surface area contributed by atoms with Crippen molar-refractivity contribution in [3.05, 3.63) is 26.8 Å². The first kappa shape index (κ1) is 15.4. The third-order valence-electron chi connectivity index (χ3n) is 3.81. The molecule has 1 nitrogen and oxygen atoms in total. The molecule has 0 spiro atoms. The zero-order chi connectivity index (χ0) is 13.8. The van der Waals surface area contributed by atoms with Gasteiger partial charge in [-0.05, 0) is 59.0 Å². The fourth-order valence-corrected chi connectivity index (χ4v) is 4.06. The lowest BCUT2D eigenvalue weighted by atomic mass is 9.89. The van der Waals surface area contributed by atoms with Crippen LogP contribution in [0.2, 0.25) is 0 Å². The molecule has 0 saturated heterocycles. The number of ether oxygens (including phenoxy) is 1. The van der Waals surface area contributed by atoms with E-state index in [2.05, 4.69) is 48.6 Å². The predicted octanol–water partition coefficient (Wildman–Crippen LogP) is 5.72. The van der Waals surface area contributed by atoms with E-state index in [1.54, 1.807) is 0 Å². The minimum atomic E-state index is 0.0847. The van der Waals surface area contributed by atoms with Gasteiger partial charge < -0.3 is 4.74 Å². The Kier molecular flexibility index (Phi) is 5.82. The number of hydrogen-bond acceptors (Lipinski definition) is 1. The van der Waals surface area contributed by atoms with Gasteiger partial charge in [-0.1, -0.05) is 26.7 Å². The molecule has 106 valence electrons. The average molecular weight is 393 g/mol. The zero-order valence-corrected chi connectivity index (χ0v) is 14.6. The number of fused-ring (bicyclic) bond motifs is 1. The summed E-state index contributed by atoms with van der Waals surface area (Å²) in [6, 6.07) is 4.44. The molecule has 0 aromatic heterocycles. The highest BCUT2D eigenvalue weighted by Gasteiger charge is 2.26. The van der Waals surface area contributed by atoms with Gasteiger partial charge in [0.05, 0.1) is 12.0 Å². The Bertz CT molecular complexity index is 427. The van der Waals surface area contributed by atoms with E-state index in [9.17, 15) is 0 Å². The number of hydrogen-bond donors (Lipinski definition) is 0. The standard InChI is InChI=1S/C16H22ClIO/c1-3-5-11(6-4-2)15(17)14-10-13(18)9-12-7-8-19-16(12)14/h9-11,15H,3-8H2,1-2H3. The number of halogens is 2. The van der Waals surface area contributed by atoms with Gasteiger partial charge in [0.1, 0.15) is 5.75 Å². The molecule has 1 aromatic rings. The van der Waals surface area contributed by atoms with Gasteiger partial charge in [-0.25, -0.2) is 0 Å². The minimum absolute atomic E-state index is 0.0847. The number of benzene rings is 1. The Morgan fingerprint density at radius 3 is 2.58 bits per heavy atom. The molecule has 19 heavy (non-hydrogen) atoms. The van der Waals surface area contributed by atoms with E-state index in [-0.39, 0.29) is 5.38 Å². The van der Waals surface area contributed by atoms with Crippen molar-refractivity contribution >= 4 is 34.2 Å². The maximum absolute atomic E-state index is 6.80. The molecule has 2 rings (SSSR count). The van der Waals surface area contributed by atoms with Gasteiger partial charge in [-0.3, -0.25) is 0 Å². The van der Waals surface area contributed by atoms with E-state index in [0.29, 0.717) is 5.92 Å². The van der Waals surface area contributed by atoms with E-state index in [0.717, 1.165) is 18.8 Å². The van der Waals surface area contributed by atoms with Crippen molar-refractivity contribution in [3.8, 4) is 5.75 Å². The molecule has 1 heterocycles. The highest BCUT2D eigenvalue weighted by Crippen LogP contribution is 2.43. The number of alkyl halides is 1. The van der Waals surface area contributed by atoms with Crippen LogP contribution in [0.3, 0.4) is 0 Å². The van der Waals surface area contributed by atoms with Crippen LogP contribution in [-0.2, 0) is 6.42 Å². The molecule has 0 bridgehead atoms. The fraction of sp³-hybridized carbons (Fsp3) is 0.625. The Morgan fingerprint density at radius 2 is 1.95 bits per heavy atom. The monoisotopic (exact) mass is 392 g/mol. The van der Waals surface area contributed by atoms with Gasteiger partial charge in [0.25, 0.3) is 0 Å². The molecule has 0 aliphatic carbocycles. The van der Waals surface area contributed by atoms with Crippen molar-refractivity contribution in [1.82, 2.24) is 0 Å². The summed E-state index contributed by atoms with van der Waals surface area (Å²) in [5.41, 5.74) is 2.55. The van der Waals surface area contributed by atoms with Crippen LogP contribution in [0.25, 0.3) is 0 Å². The van der Waals surface area contributed by atoms with Crippen molar-refractivity contribution in [2.24, 2.45) is 5.92 Å². The van der Waals surface area contributed by atoms with Crippen molar-refractivity contribution in [1.29, 1.82) is 0 Å². The molecule has 0 radical (unpaired) electrons. The normalized spacial score (nSPS) is 15.4. The first-order valence-corrected chi connectivity index (χ1v) is 8.78. The van der Waals surface area contributed by atoms with Crippen LogP contribution in [0.5, 0.6) is 5.75 Å². The second kappa shape index (κ2) is 7.16. The van der Waals surface area contributed by atoms with Gasteiger partial charge >= 0.3 is 0 Å². The first-order chi connectivity index (χ1) is 9.17. The molecule has 1 atom stereocenters. The van der Waals surface area contributed by atoms with Crippen LogP contribution in [0.1, 0.15) is 56.0 Å². The molecule has 1 aliphatic rings. The van der Waals surface area contributed by atoms with Crippen LogP contribution >= 0.6 is 34.2 Å². The van der Waals surface area contributed by atoms with Gasteiger partial charge in [0.15, 0.2) is 0 Å². The molecular weight excluding hydrogens is 371 g/mol. The Balaban J connectivity index is 2.29. The van der Waals surface area contributed by atoms with Crippen molar-refractivity contribution in [2.75, 3.05) is 6.61 Å². The average Bonchev–Trinajstić information content (AvgIpc) is 2.84. The molecular formula is C16H22ClIO. The van der Waals surface area contributed by atoms with E-state index < -0.39 is 0 Å². The van der Waals surface area contributed by atoms with Gasteiger partial charge in [0.2, 0.25) is 0 Å². The van der Waals surface area contributed by atoms with Gasteiger partial charge in [-0.15, -0.1) is 11.6 Å². The van der Waals surface area contributed by atoms with Crippen molar-refractivity contribution < 1.29 is 4.74 Å². The predicted molar refractivity (Wildman–Crippen MR) is 90.3 cm³/mol. The quantitative estimate of drug-likeness (QED) is 0.444. The van der Waals surface area contributed by atoms with Crippen LogP contribution in [0.15, 0.2) is 12.1 Å². The highest BCUT2D eigenvalue weighted by atomic mass is 127. The zero-order valence-electron chi connectivity index (χ0n) is 11.7. The third kappa shape index (κ3) is 3.57. The minimum Gasteiger partial charge on any atom is -0.493 e. The van der Waals surface area contributed by atoms with Crippen LogP contribution in [0, 0.1) is 9.49 Å². The maximum Gasteiger partial charge on any atom is 0.127 e. The lowest BCUT2D eigenvalue weighted by Crippen LogP contribution is -2.09. The van der Waals surface area contributed by atoms with Crippen LogP contribution in [0.4, 0.5) is 0 Å². The van der Waals surface area contributed by atoms with Crippen LogP contribution in [-0.4, -0.2) is 6.61 Å². The van der Waals surface area contributed by atoms with E-state index in [1.807, 2.05) is 0 Å². The highest BCUT2D eigenvalue weighted by molar-refractivity contribution is 14.1. The molecule has 1 aliphatic heterocycles. The Labute approximate surface area is 135 Å². The summed E-state index contributed by atoms with van der Waals surface area (Å²) < 4.78 is 7.10. The van der Waals surface area contributed by atoms with Gasteiger partial charge in [-0.2, -0.15) is 0 Å². The largest absolute Gasteiger partial charge is 0.493 e. The third-order valence-corrected chi connectivity index (χ3v) is 5.02. The van der Waals surface area contributed by atoms with Crippen molar-refractivity contribution in [3.63, 3.8) is 0 Å². The molecule has 1 aromatic carbocycles. The summed E-state index contributed by atoms with van der Waals surface area (Å²) in [6.07, 6.45) is 5.81. The Hall–Kier alpha value is 0.0400. The smallest absolute Gasteiger partial charge is 0.127 e. The lowest BCUT2D eigenvalue weighted by Gasteiger charge is -2.23. The fourth-order valence-electron chi connectivity index (χ4n) is 2.94. The summed E-state index contributed by atoms with van der Waals surface area (Å²) in [7, 11) is 0. The number of rotatable bonds is 6. The summed E-state index contributed by atoms with van der Waals surface area (Å²) in [6.45, 7) is 5.28. The van der Waals surface area contributed by atoms with E-state index in [4.69, 9.17) is 16.3 Å². The summed E-state index contributed by atoms with van der Waals surface area (Å²) in [4.78, 5) is 0. The molecule has 0 fully saturated rings. The van der Waals surface area contributed by atoms with Crippen molar-refractivity contribution in [2.45, 2.75) is 51.3 Å². The van der Waals surface area contributed by atoms with E-state index in [1.165, 1.54) is 40.4 Å². The topological polar surface area (TPSA) is 9.23 Å². The summed E-state index contributed by atoms with van der Waals surface area (Å²) >= 11 is 9.19. The molecule has 3 heteroatoms. The Morgan fingerprint density at radius 1 is 1.26 bits per heavy atom. The SMILES string of the molecule is CCCC(CCC)C(Cl)c1cc(I)cc2c1OCC2. The van der Waals surface area contributed by atoms with E-state index >= 15 is 0 Å². The maximum atomic E-state index is 6.80. The summed E-state index contributed by atoms with van der Waals surface area (Å²) in [5, 5.41) is 0.0847. The molecule has 1 unspecified atom stereocenters. The molecule has 0 saturated carbocycles. The summed E-state index contributed by atoms with van der Waals surface area (Å²) in [5.74, 6) is 1.63.